The monoisotopic (exact) mass is 283 g/mol. The Balaban J connectivity index is 1.84. The molecule has 1 fully saturated rings. The summed E-state index contributed by atoms with van der Waals surface area (Å²) in [6, 6.07) is 3.01. The maximum Gasteiger partial charge on any atom is 0.231 e. The molecular weight excluding hydrogens is 266 g/mol. The number of aliphatic hydroxyl groups is 1. The van der Waals surface area contributed by atoms with Crippen LogP contribution in [0, 0.1) is 5.92 Å². The maximum atomic E-state index is 10.4. The van der Waals surface area contributed by atoms with Crippen LogP contribution in [0.15, 0.2) is 12.1 Å². The molecule has 3 N–H and O–H groups in total. The van der Waals surface area contributed by atoms with Crippen molar-refractivity contribution in [3.63, 3.8) is 0 Å². The summed E-state index contributed by atoms with van der Waals surface area (Å²) in [5, 5.41) is 10.9. The Morgan fingerprint density at radius 3 is 2.53 bits per heavy atom. The van der Waals surface area contributed by atoms with Crippen molar-refractivity contribution in [1.82, 2.24) is 0 Å². The number of halogens is 1. The van der Waals surface area contributed by atoms with E-state index in [1.807, 2.05) is 0 Å². The molecule has 1 aliphatic heterocycles. The third-order valence-corrected chi connectivity index (χ3v) is 4.43. The molecule has 3 rings (SSSR count). The maximum absolute atomic E-state index is 10.4. The smallest absolute Gasteiger partial charge is 0.231 e. The van der Waals surface area contributed by atoms with E-state index in [2.05, 4.69) is 0 Å². The van der Waals surface area contributed by atoms with Crippen molar-refractivity contribution in [3.05, 3.63) is 22.7 Å². The lowest BCUT2D eigenvalue weighted by molar-refractivity contribution is 0.0844. The number of hydrogen-bond acceptors (Lipinski definition) is 4. The summed E-state index contributed by atoms with van der Waals surface area (Å²) in [7, 11) is 0. The van der Waals surface area contributed by atoms with Gasteiger partial charge in [0.25, 0.3) is 0 Å². The van der Waals surface area contributed by atoms with Crippen LogP contribution >= 0.6 is 11.6 Å². The van der Waals surface area contributed by atoms with Crippen LogP contribution in [0.25, 0.3) is 0 Å². The number of ether oxygens (including phenoxy) is 2. The quantitative estimate of drug-likeness (QED) is 0.895. The Morgan fingerprint density at radius 1 is 1.21 bits per heavy atom. The van der Waals surface area contributed by atoms with Crippen LogP contribution in [0.3, 0.4) is 0 Å². The molecule has 104 valence electrons. The third-order valence-electron chi connectivity index (χ3n) is 4.10. The third kappa shape index (κ3) is 2.40. The molecule has 0 spiro atoms. The second kappa shape index (κ2) is 5.19. The van der Waals surface area contributed by atoms with Gasteiger partial charge in [-0.3, -0.25) is 0 Å². The zero-order valence-electron chi connectivity index (χ0n) is 10.6. The van der Waals surface area contributed by atoms with Crippen LogP contribution in [0.1, 0.15) is 37.3 Å². The number of fused-ring (bicyclic) bond motifs is 1. The average Bonchev–Trinajstić information content (AvgIpc) is 3.06. The first-order valence-corrected chi connectivity index (χ1v) is 7.07. The van der Waals surface area contributed by atoms with Crippen molar-refractivity contribution >= 4 is 11.6 Å². The van der Waals surface area contributed by atoms with Gasteiger partial charge in [-0.15, -0.1) is 0 Å². The summed E-state index contributed by atoms with van der Waals surface area (Å²) in [5.74, 6) is 1.56. The van der Waals surface area contributed by atoms with Gasteiger partial charge in [0, 0.05) is 11.1 Å². The van der Waals surface area contributed by atoms with Crippen LogP contribution in [0.5, 0.6) is 11.5 Å². The Labute approximate surface area is 117 Å². The summed E-state index contributed by atoms with van der Waals surface area (Å²) in [4.78, 5) is 0. The molecular formula is C14H18ClNO3. The second-order valence-electron chi connectivity index (χ2n) is 5.29. The van der Waals surface area contributed by atoms with Gasteiger partial charge in [-0.1, -0.05) is 24.4 Å². The molecule has 19 heavy (non-hydrogen) atoms. The number of hydrogen-bond donors (Lipinski definition) is 2. The minimum atomic E-state index is -0.555. The van der Waals surface area contributed by atoms with Crippen molar-refractivity contribution in [2.75, 3.05) is 6.79 Å². The normalized spacial score (nSPS) is 21.6. The Kier molecular flexibility index (Phi) is 3.56. The Hall–Kier alpha value is -0.970. The number of nitrogens with two attached hydrogens (primary N) is 1. The number of rotatable bonds is 3. The Bertz CT molecular complexity index is 474. The van der Waals surface area contributed by atoms with Crippen LogP contribution in [0.4, 0.5) is 0 Å². The van der Waals surface area contributed by atoms with E-state index in [-0.39, 0.29) is 12.7 Å². The van der Waals surface area contributed by atoms with Gasteiger partial charge < -0.3 is 20.3 Å². The van der Waals surface area contributed by atoms with Crippen molar-refractivity contribution in [2.45, 2.75) is 37.8 Å². The van der Waals surface area contributed by atoms with E-state index in [0.717, 1.165) is 18.4 Å². The zero-order valence-corrected chi connectivity index (χ0v) is 11.4. The molecule has 1 aromatic carbocycles. The van der Waals surface area contributed by atoms with Gasteiger partial charge in [0.15, 0.2) is 11.5 Å². The Morgan fingerprint density at radius 2 is 1.84 bits per heavy atom. The van der Waals surface area contributed by atoms with Crippen molar-refractivity contribution in [3.8, 4) is 11.5 Å². The van der Waals surface area contributed by atoms with Crippen molar-refractivity contribution in [1.29, 1.82) is 0 Å². The molecule has 2 aliphatic rings. The van der Waals surface area contributed by atoms with Gasteiger partial charge >= 0.3 is 0 Å². The van der Waals surface area contributed by atoms with Crippen LogP contribution in [-0.4, -0.2) is 18.0 Å². The van der Waals surface area contributed by atoms with Crippen molar-refractivity contribution in [2.24, 2.45) is 11.7 Å². The van der Waals surface area contributed by atoms with E-state index in [9.17, 15) is 5.11 Å². The number of benzene rings is 1. The topological polar surface area (TPSA) is 64.7 Å². The minimum Gasteiger partial charge on any atom is -0.454 e. The van der Waals surface area contributed by atoms with E-state index in [1.54, 1.807) is 12.1 Å². The summed E-state index contributed by atoms with van der Waals surface area (Å²) in [6.07, 6.45) is 3.86. The first-order chi connectivity index (χ1) is 9.16. The summed E-state index contributed by atoms with van der Waals surface area (Å²) in [6.45, 7) is 0.204. The lowest BCUT2D eigenvalue weighted by Gasteiger charge is -2.25. The van der Waals surface area contributed by atoms with Gasteiger partial charge in [-0.2, -0.15) is 0 Å². The first-order valence-electron chi connectivity index (χ1n) is 6.69. The highest BCUT2D eigenvalue weighted by molar-refractivity contribution is 6.31. The largest absolute Gasteiger partial charge is 0.454 e. The highest BCUT2D eigenvalue weighted by Crippen LogP contribution is 2.41. The zero-order chi connectivity index (χ0) is 13.4. The molecule has 5 heteroatoms. The lowest BCUT2D eigenvalue weighted by Crippen LogP contribution is -2.32. The van der Waals surface area contributed by atoms with Crippen LogP contribution in [0.2, 0.25) is 5.02 Å². The predicted octanol–water partition coefficient (Wildman–Crippen LogP) is 2.62. The average molecular weight is 284 g/mol. The second-order valence-corrected chi connectivity index (χ2v) is 5.70. The summed E-state index contributed by atoms with van der Waals surface area (Å²) in [5.41, 5.74) is 6.91. The molecule has 0 aromatic heterocycles. The molecule has 1 saturated carbocycles. The SMILES string of the molecule is N[C@H](c1cc2c(cc1Cl)OCO2)[C@@H](O)C1CCCC1. The lowest BCUT2D eigenvalue weighted by atomic mass is 9.90. The van der Waals surface area contributed by atoms with E-state index in [4.69, 9.17) is 26.8 Å². The van der Waals surface area contributed by atoms with E-state index in [1.165, 1.54) is 12.8 Å². The first kappa shape index (κ1) is 13.0. The minimum absolute atomic E-state index is 0.204. The van der Waals surface area contributed by atoms with Gasteiger partial charge in [0.1, 0.15) is 0 Å². The standard InChI is InChI=1S/C14H18ClNO3/c15-10-6-12-11(18-7-19-12)5-9(10)13(16)14(17)8-3-1-2-4-8/h5-6,8,13-14,17H,1-4,7,16H2/t13-,14+/m1/s1. The fraction of sp³-hybridized carbons (Fsp3) is 0.571. The van der Waals surface area contributed by atoms with E-state index >= 15 is 0 Å². The highest BCUT2D eigenvalue weighted by atomic mass is 35.5. The van der Waals surface area contributed by atoms with Crippen LogP contribution in [-0.2, 0) is 0 Å². The molecule has 1 aliphatic carbocycles. The van der Waals surface area contributed by atoms with Crippen molar-refractivity contribution < 1.29 is 14.6 Å². The van der Waals surface area contributed by atoms with Gasteiger partial charge in [0.05, 0.1) is 12.1 Å². The molecule has 0 bridgehead atoms. The summed E-state index contributed by atoms with van der Waals surface area (Å²) >= 11 is 6.23. The summed E-state index contributed by atoms with van der Waals surface area (Å²) < 4.78 is 10.6. The molecule has 0 radical (unpaired) electrons. The number of aliphatic hydroxyl groups excluding tert-OH is 1. The van der Waals surface area contributed by atoms with Crippen LogP contribution < -0.4 is 15.2 Å². The van der Waals surface area contributed by atoms with E-state index < -0.39 is 12.1 Å². The molecule has 0 amide bonds. The fourth-order valence-electron chi connectivity index (χ4n) is 2.96. The van der Waals surface area contributed by atoms with Gasteiger partial charge in [-0.05, 0) is 30.4 Å². The highest BCUT2D eigenvalue weighted by Gasteiger charge is 2.31. The van der Waals surface area contributed by atoms with E-state index in [0.29, 0.717) is 16.5 Å². The van der Waals surface area contributed by atoms with Gasteiger partial charge in [-0.25, -0.2) is 0 Å². The molecule has 0 unspecified atom stereocenters. The molecule has 4 nitrogen and oxygen atoms in total. The molecule has 2 atom stereocenters. The molecule has 0 saturated heterocycles. The molecule has 1 heterocycles. The fourth-order valence-corrected chi connectivity index (χ4v) is 3.24. The van der Waals surface area contributed by atoms with Gasteiger partial charge in [0.2, 0.25) is 6.79 Å². The molecule has 1 aromatic rings. The predicted molar refractivity (Wildman–Crippen MR) is 72.5 cm³/mol.